The second kappa shape index (κ2) is 7.28. The van der Waals surface area contributed by atoms with Gasteiger partial charge in [-0.25, -0.2) is 14.4 Å². The fourth-order valence-electron chi connectivity index (χ4n) is 2.50. The fraction of sp³-hybridized carbons (Fsp3) is 0.353. The molecular weight excluding hydrogens is 295 g/mol. The van der Waals surface area contributed by atoms with Gasteiger partial charge in [0.25, 0.3) is 0 Å². The highest BCUT2D eigenvalue weighted by Gasteiger charge is 2.23. The van der Waals surface area contributed by atoms with Crippen molar-refractivity contribution in [1.29, 1.82) is 0 Å². The van der Waals surface area contributed by atoms with Crippen molar-refractivity contribution in [3.05, 3.63) is 58.9 Å². The minimum atomic E-state index is -0.573. The van der Waals surface area contributed by atoms with Crippen molar-refractivity contribution in [2.75, 3.05) is 14.1 Å². The van der Waals surface area contributed by atoms with Gasteiger partial charge in [-0.2, -0.15) is 0 Å². The molecule has 0 aliphatic rings. The van der Waals surface area contributed by atoms with Gasteiger partial charge in [0.1, 0.15) is 17.7 Å². The summed E-state index contributed by atoms with van der Waals surface area (Å²) in [6.45, 7) is 4.01. The van der Waals surface area contributed by atoms with Crippen LogP contribution in [-0.2, 0) is 11.3 Å². The maximum atomic E-state index is 13.4. The van der Waals surface area contributed by atoms with E-state index in [1.807, 2.05) is 19.9 Å². The first-order valence-corrected chi connectivity index (χ1v) is 7.37. The molecule has 0 fully saturated rings. The SMILES string of the molecule is Cc1cc(C)nc(CNC(=O)[C@@H](c2cccc(F)c2)N(C)C)n1. The van der Waals surface area contributed by atoms with Crippen LogP contribution in [0.5, 0.6) is 0 Å². The summed E-state index contributed by atoms with van der Waals surface area (Å²) < 4.78 is 13.4. The van der Waals surface area contributed by atoms with E-state index in [1.165, 1.54) is 12.1 Å². The molecule has 1 aromatic carbocycles. The van der Waals surface area contributed by atoms with E-state index in [1.54, 1.807) is 31.1 Å². The first kappa shape index (κ1) is 17.0. The number of hydrogen-bond acceptors (Lipinski definition) is 4. The summed E-state index contributed by atoms with van der Waals surface area (Å²) in [6, 6.07) is 7.37. The van der Waals surface area contributed by atoms with Crippen LogP contribution in [0, 0.1) is 19.7 Å². The molecule has 0 bridgehead atoms. The van der Waals surface area contributed by atoms with Gasteiger partial charge in [-0.15, -0.1) is 0 Å². The highest BCUT2D eigenvalue weighted by molar-refractivity contribution is 5.83. The van der Waals surface area contributed by atoms with Gasteiger partial charge < -0.3 is 5.32 Å². The summed E-state index contributed by atoms with van der Waals surface area (Å²) in [6.07, 6.45) is 0. The first-order chi connectivity index (χ1) is 10.9. The maximum absolute atomic E-state index is 13.4. The molecule has 122 valence electrons. The van der Waals surface area contributed by atoms with E-state index in [0.29, 0.717) is 11.4 Å². The van der Waals surface area contributed by atoms with Crippen molar-refractivity contribution in [3.8, 4) is 0 Å². The van der Waals surface area contributed by atoms with Gasteiger partial charge in [0.15, 0.2) is 0 Å². The number of carbonyl (C=O) groups is 1. The Labute approximate surface area is 135 Å². The third-order valence-corrected chi connectivity index (χ3v) is 3.38. The Hall–Kier alpha value is -2.34. The van der Waals surface area contributed by atoms with Crippen molar-refractivity contribution < 1.29 is 9.18 Å². The zero-order valence-electron chi connectivity index (χ0n) is 13.8. The highest BCUT2D eigenvalue weighted by Crippen LogP contribution is 2.19. The van der Waals surface area contributed by atoms with Crippen LogP contribution in [0.3, 0.4) is 0 Å². The third kappa shape index (κ3) is 4.56. The molecule has 1 N–H and O–H groups in total. The highest BCUT2D eigenvalue weighted by atomic mass is 19.1. The van der Waals surface area contributed by atoms with E-state index in [2.05, 4.69) is 15.3 Å². The average molecular weight is 316 g/mol. The number of hydrogen-bond donors (Lipinski definition) is 1. The summed E-state index contributed by atoms with van der Waals surface area (Å²) in [7, 11) is 3.56. The van der Waals surface area contributed by atoms with Crippen LogP contribution in [0.4, 0.5) is 4.39 Å². The van der Waals surface area contributed by atoms with E-state index in [4.69, 9.17) is 0 Å². The number of amides is 1. The predicted molar refractivity (Wildman–Crippen MR) is 86.2 cm³/mol. The lowest BCUT2D eigenvalue weighted by atomic mass is 10.1. The molecule has 1 atom stereocenters. The molecule has 0 aliphatic carbocycles. The lowest BCUT2D eigenvalue weighted by Gasteiger charge is -2.23. The Morgan fingerprint density at radius 3 is 2.43 bits per heavy atom. The van der Waals surface area contributed by atoms with E-state index in [-0.39, 0.29) is 18.3 Å². The predicted octanol–water partition coefficient (Wildman–Crippen LogP) is 2.15. The smallest absolute Gasteiger partial charge is 0.242 e. The zero-order valence-corrected chi connectivity index (χ0v) is 13.8. The van der Waals surface area contributed by atoms with E-state index < -0.39 is 6.04 Å². The van der Waals surface area contributed by atoms with Crippen LogP contribution >= 0.6 is 0 Å². The Morgan fingerprint density at radius 2 is 1.87 bits per heavy atom. The lowest BCUT2D eigenvalue weighted by Crippen LogP contribution is -2.37. The summed E-state index contributed by atoms with van der Waals surface area (Å²) in [4.78, 5) is 22.8. The monoisotopic (exact) mass is 316 g/mol. The summed E-state index contributed by atoms with van der Waals surface area (Å²) in [5.74, 6) is -0.0178. The normalized spacial score (nSPS) is 12.3. The second-order valence-electron chi connectivity index (χ2n) is 5.71. The number of carbonyl (C=O) groups excluding carboxylic acids is 1. The minimum Gasteiger partial charge on any atom is -0.347 e. The molecule has 0 saturated heterocycles. The number of aryl methyl sites for hydroxylation is 2. The fourth-order valence-corrected chi connectivity index (χ4v) is 2.50. The molecular formula is C17H21FN4O. The Bertz CT molecular complexity index is 682. The molecule has 0 spiro atoms. The lowest BCUT2D eigenvalue weighted by molar-refractivity contribution is -0.126. The number of halogens is 1. The van der Waals surface area contributed by atoms with Crippen molar-refractivity contribution in [2.45, 2.75) is 26.4 Å². The quantitative estimate of drug-likeness (QED) is 0.918. The molecule has 1 aromatic heterocycles. The van der Waals surface area contributed by atoms with Crippen LogP contribution in [0.1, 0.15) is 28.8 Å². The van der Waals surface area contributed by atoms with Crippen molar-refractivity contribution in [2.24, 2.45) is 0 Å². The largest absolute Gasteiger partial charge is 0.347 e. The summed E-state index contributed by atoms with van der Waals surface area (Å²) >= 11 is 0. The van der Waals surface area contributed by atoms with Gasteiger partial charge >= 0.3 is 0 Å². The van der Waals surface area contributed by atoms with Crippen LogP contribution in [0.15, 0.2) is 30.3 Å². The number of benzene rings is 1. The van der Waals surface area contributed by atoms with Gasteiger partial charge in [0.05, 0.1) is 6.54 Å². The minimum absolute atomic E-state index is 0.219. The second-order valence-corrected chi connectivity index (χ2v) is 5.71. The Morgan fingerprint density at radius 1 is 1.22 bits per heavy atom. The van der Waals surface area contributed by atoms with E-state index in [9.17, 15) is 9.18 Å². The van der Waals surface area contributed by atoms with Crippen molar-refractivity contribution in [1.82, 2.24) is 20.2 Å². The van der Waals surface area contributed by atoms with E-state index >= 15 is 0 Å². The molecule has 0 aliphatic heterocycles. The first-order valence-electron chi connectivity index (χ1n) is 7.37. The van der Waals surface area contributed by atoms with E-state index in [0.717, 1.165) is 11.4 Å². The van der Waals surface area contributed by atoms with Crippen LogP contribution in [-0.4, -0.2) is 34.9 Å². The number of rotatable bonds is 5. The van der Waals surface area contributed by atoms with Crippen LogP contribution in [0.25, 0.3) is 0 Å². The molecule has 0 unspecified atom stereocenters. The molecule has 6 heteroatoms. The summed E-state index contributed by atoms with van der Waals surface area (Å²) in [5.41, 5.74) is 2.32. The molecule has 23 heavy (non-hydrogen) atoms. The van der Waals surface area contributed by atoms with Crippen LogP contribution < -0.4 is 5.32 Å². The molecule has 1 heterocycles. The number of aromatic nitrogens is 2. The Kier molecular flexibility index (Phi) is 5.39. The molecule has 0 saturated carbocycles. The van der Waals surface area contributed by atoms with Gasteiger partial charge in [0, 0.05) is 11.4 Å². The van der Waals surface area contributed by atoms with Gasteiger partial charge in [-0.1, -0.05) is 12.1 Å². The number of nitrogens with one attached hydrogen (secondary N) is 1. The van der Waals surface area contributed by atoms with Crippen LogP contribution in [0.2, 0.25) is 0 Å². The van der Waals surface area contributed by atoms with Crippen molar-refractivity contribution in [3.63, 3.8) is 0 Å². The topological polar surface area (TPSA) is 58.1 Å². The molecule has 1 amide bonds. The van der Waals surface area contributed by atoms with Gasteiger partial charge in [0.2, 0.25) is 5.91 Å². The number of nitrogens with zero attached hydrogens (tertiary/aromatic N) is 3. The molecule has 2 rings (SSSR count). The molecule has 0 radical (unpaired) electrons. The van der Waals surface area contributed by atoms with Crippen molar-refractivity contribution >= 4 is 5.91 Å². The molecule has 2 aromatic rings. The van der Waals surface area contributed by atoms with Gasteiger partial charge in [-0.3, -0.25) is 9.69 Å². The van der Waals surface area contributed by atoms with Gasteiger partial charge in [-0.05, 0) is 51.7 Å². The third-order valence-electron chi connectivity index (χ3n) is 3.38. The number of likely N-dealkylation sites (N-methyl/N-ethyl adjacent to an activating group) is 1. The maximum Gasteiger partial charge on any atom is 0.242 e. The standard InChI is InChI=1S/C17H21FN4O/c1-11-8-12(2)21-15(20-11)10-19-17(23)16(22(3)4)13-6-5-7-14(18)9-13/h5-9,16H,10H2,1-4H3,(H,19,23)/t16-/m1/s1. The zero-order chi connectivity index (χ0) is 17.0. The average Bonchev–Trinajstić information content (AvgIpc) is 2.44. The molecule has 5 nitrogen and oxygen atoms in total. The Balaban J connectivity index is 2.13. The summed E-state index contributed by atoms with van der Waals surface area (Å²) in [5, 5.41) is 2.82.